The van der Waals surface area contributed by atoms with Crippen LogP contribution in [0.4, 0.5) is 5.95 Å². The molecule has 3 aliphatic rings. The van der Waals surface area contributed by atoms with Crippen LogP contribution in [-0.2, 0) is 0 Å². The van der Waals surface area contributed by atoms with Crippen LogP contribution in [0.15, 0.2) is 36.5 Å². The zero-order valence-corrected chi connectivity index (χ0v) is 18.7. The Morgan fingerprint density at radius 3 is 2.59 bits per heavy atom. The predicted molar refractivity (Wildman–Crippen MR) is 122 cm³/mol. The van der Waals surface area contributed by atoms with E-state index < -0.39 is 6.10 Å². The van der Waals surface area contributed by atoms with Crippen LogP contribution in [0.25, 0.3) is 0 Å². The zero-order valence-electron chi connectivity index (χ0n) is 18.7. The van der Waals surface area contributed by atoms with Gasteiger partial charge in [-0.25, -0.2) is 9.97 Å². The lowest BCUT2D eigenvalue weighted by atomic mass is 9.78. The molecule has 2 saturated heterocycles. The number of carbonyl (C=O) groups excluding carboxylic acids is 1. The third kappa shape index (κ3) is 4.31. The third-order valence-corrected chi connectivity index (χ3v) is 7.19. The number of para-hydroxylation sites is 1. The molecule has 32 heavy (non-hydrogen) atoms. The molecule has 0 radical (unpaired) electrons. The first-order valence-corrected chi connectivity index (χ1v) is 11.9. The lowest BCUT2D eigenvalue weighted by Gasteiger charge is -2.35. The first-order valence-electron chi connectivity index (χ1n) is 11.9. The van der Waals surface area contributed by atoms with Crippen molar-refractivity contribution in [3.8, 4) is 5.75 Å². The Morgan fingerprint density at radius 1 is 1.06 bits per heavy atom. The summed E-state index contributed by atoms with van der Waals surface area (Å²) in [6.45, 7) is 5.32. The van der Waals surface area contributed by atoms with Crippen LogP contribution in [0.5, 0.6) is 5.75 Å². The van der Waals surface area contributed by atoms with Gasteiger partial charge in [0.1, 0.15) is 11.9 Å². The fourth-order valence-electron chi connectivity index (χ4n) is 5.44. The van der Waals surface area contributed by atoms with Crippen LogP contribution in [0, 0.1) is 18.8 Å². The van der Waals surface area contributed by atoms with Crippen LogP contribution in [0.1, 0.15) is 48.2 Å². The molecular formula is C25H32N4O3. The van der Waals surface area contributed by atoms with Crippen molar-refractivity contribution in [3.05, 3.63) is 47.8 Å². The minimum Gasteiger partial charge on any atom is -0.487 e. The van der Waals surface area contributed by atoms with Crippen molar-refractivity contribution in [1.82, 2.24) is 14.9 Å². The van der Waals surface area contributed by atoms with Crippen molar-refractivity contribution in [1.29, 1.82) is 0 Å². The second kappa shape index (κ2) is 9.06. The Labute approximate surface area is 189 Å². The highest BCUT2D eigenvalue weighted by atomic mass is 16.5. The molecule has 1 aromatic carbocycles. The van der Waals surface area contributed by atoms with E-state index in [4.69, 9.17) is 4.74 Å². The number of hydrogen-bond acceptors (Lipinski definition) is 6. The molecule has 0 spiro atoms. The molecule has 170 valence electrons. The topological polar surface area (TPSA) is 78.8 Å². The monoisotopic (exact) mass is 436 g/mol. The zero-order chi connectivity index (χ0) is 22.1. The number of rotatable bonds is 4. The van der Waals surface area contributed by atoms with E-state index in [0.29, 0.717) is 29.6 Å². The van der Waals surface area contributed by atoms with E-state index in [1.54, 1.807) is 6.20 Å². The molecule has 1 aromatic heterocycles. The fourth-order valence-corrected chi connectivity index (χ4v) is 5.44. The number of aryl methyl sites for hydroxylation is 1. The predicted octanol–water partition coefficient (Wildman–Crippen LogP) is 3.07. The van der Waals surface area contributed by atoms with Gasteiger partial charge in [0.2, 0.25) is 5.95 Å². The third-order valence-electron chi connectivity index (χ3n) is 7.19. The first-order chi connectivity index (χ1) is 15.6. The number of aliphatic hydroxyl groups is 1. The van der Waals surface area contributed by atoms with Crippen molar-refractivity contribution >= 4 is 11.9 Å². The Kier molecular flexibility index (Phi) is 6.00. The number of ether oxygens (including phenoxy) is 1. The molecule has 2 aliphatic heterocycles. The lowest BCUT2D eigenvalue weighted by molar-refractivity contribution is -0.0235. The molecule has 5 rings (SSSR count). The van der Waals surface area contributed by atoms with Gasteiger partial charge in [-0.15, -0.1) is 0 Å². The summed E-state index contributed by atoms with van der Waals surface area (Å²) in [4.78, 5) is 26.3. The van der Waals surface area contributed by atoms with Gasteiger partial charge in [-0.1, -0.05) is 12.1 Å². The fraction of sp³-hybridized carbons (Fsp3) is 0.560. The van der Waals surface area contributed by atoms with E-state index in [-0.39, 0.29) is 12.0 Å². The van der Waals surface area contributed by atoms with E-state index >= 15 is 0 Å². The van der Waals surface area contributed by atoms with E-state index in [1.807, 2.05) is 42.2 Å². The maximum Gasteiger partial charge on any atom is 0.257 e. The van der Waals surface area contributed by atoms with E-state index in [9.17, 15) is 9.90 Å². The molecule has 7 nitrogen and oxygen atoms in total. The standard InChI is InChI=1S/C25H32N4O3/c1-17-9-10-26-25(27-17)29-15-18-13-21(30)23(14-19(18)16-29)32-22-8-4-3-7-20(22)24(31)28-11-5-2-6-12-28/h3-4,7-10,18-19,21,23,30H,2,5-6,11-16H2,1H3/t18-,19+,21+,23+/m0/s1. The second-order valence-corrected chi connectivity index (χ2v) is 9.47. The van der Waals surface area contributed by atoms with Gasteiger partial charge in [0.25, 0.3) is 5.91 Å². The number of piperidine rings is 1. The number of carbonyl (C=O) groups is 1. The highest BCUT2D eigenvalue weighted by Crippen LogP contribution is 2.39. The van der Waals surface area contributed by atoms with Gasteiger partial charge in [-0.3, -0.25) is 4.79 Å². The average molecular weight is 437 g/mol. The number of amides is 1. The largest absolute Gasteiger partial charge is 0.487 e. The van der Waals surface area contributed by atoms with Crippen LogP contribution in [0.2, 0.25) is 0 Å². The Bertz CT molecular complexity index is 962. The Balaban J connectivity index is 1.28. The summed E-state index contributed by atoms with van der Waals surface area (Å²) >= 11 is 0. The van der Waals surface area contributed by atoms with E-state index in [0.717, 1.165) is 57.1 Å². The number of hydrogen-bond donors (Lipinski definition) is 1. The van der Waals surface area contributed by atoms with Gasteiger partial charge >= 0.3 is 0 Å². The summed E-state index contributed by atoms with van der Waals surface area (Å²) in [5.74, 6) is 2.20. The van der Waals surface area contributed by atoms with Gasteiger partial charge in [0.05, 0.1) is 11.7 Å². The van der Waals surface area contributed by atoms with Gasteiger partial charge in [0.15, 0.2) is 0 Å². The number of aromatic nitrogens is 2. The number of fused-ring (bicyclic) bond motifs is 1. The summed E-state index contributed by atoms with van der Waals surface area (Å²) in [5, 5.41) is 10.9. The highest BCUT2D eigenvalue weighted by Gasteiger charge is 2.43. The summed E-state index contributed by atoms with van der Waals surface area (Å²) in [6.07, 6.45) is 5.69. The summed E-state index contributed by atoms with van der Waals surface area (Å²) in [5.41, 5.74) is 1.56. The van der Waals surface area contributed by atoms with Crippen molar-refractivity contribution < 1.29 is 14.6 Å². The van der Waals surface area contributed by atoms with Crippen molar-refractivity contribution in [2.75, 3.05) is 31.1 Å². The highest BCUT2D eigenvalue weighted by molar-refractivity contribution is 5.97. The Hall–Kier alpha value is -2.67. The van der Waals surface area contributed by atoms with Gasteiger partial charge < -0.3 is 19.6 Å². The number of aliphatic hydroxyl groups excluding tert-OH is 1. The average Bonchev–Trinajstić information content (AvgIpc) is 3.22. The maximum absolute atomic E-state index is 13.1. The molecule has 2 aromatic rings. The molecule has 1 saturated carbocycles. The normalized spacial score (nSPS) is 27.8. The second-order valence-electron chi connectivity index (χ2n) is 9.47. The van der Waals surface area contributed by atoms with Crippen molar-refractivity contribution in [2.45, 2.75) is 51.2 Å². The molecule has 1 amide bonds. The maximum atomic E-state index is 13.1. The van der Waals surface area contributed by atoms with Gasteiger partial charge in [0, 0.05) is 38.1 Å². The van der Waals surface area contributed by atoms with Crippen LogP contribution in [-0.4, -0.2) is 64.3 Å². The summed E-state index contributed by atoms with van der Waals surface area (Å²) < 4.78 is 6.33. The van der Waals surface area contributed by atoms with Crippen LogP contribution < -0.4 is 9.64 Å². The molecule has 0 bridgehead atoms. The van der Waals surface area contributed by atoms with E-state index in [2.05, 4.69) is 14.9 Å². The Morgan fingerprint density at radius 2 is 1.81 bits per heavy atom. The van der Waals surface area contributed by atoms with E-state index in [1.165, 1.54) is 6.42 Å². The number of benzene rings is 1. The minimum atomic E-state index is -0.548. The van der Waals surface area contributed by atoms with Crippen LogP contribution >= 0.6 is 0 Å². The van der Waals surface area contributed by atoms with Crippen molar-refractivity contribution in [2.24, 2.45) is 11.8 Å². The number of likely N-dealkylation sites (tertiary alicyclic amines) is 1. The SMILES string of the molecule is Cc1ccnc(N2C[C@H]3C[C@@H](Oc4ccccc4C(=O)N4CCCCC4)[C@H](O)C[C@H]3C2)n1. The minimum absolute atomic E-state index is 0.0344. The molecule has 1 aliphatic carbocycles. The quantitative estimate of drug-likeness (QED) is 0.794. The van der Waals surface area contributed by atoms with Crippen LogP contribution in [0.3, 0.4) is 0 Å². The number of anilines is 1. The number of nitrogens with zero attached hydrogens (tertiary/aromatic N) is 4. The molecular weight excluding hydrogens is 404 g/mol. The smallest absolute Gasteiger partial charge is 0.257 e. The lowest BCUT2D eigenvalue weighted by Crippen LogP contribution is -2.42. The molecule has 0 unspecified atom stereocenters. The van der Waals surface area contributed by atoms with Gasteiger partial charge in [-0.2, -0.15) is 0 Å². The molecule has 7 heteroatoms. The van der Waals surface area contributed by atoms with Crippen molar-refractivity contribution in [3.63, 3.8) is 0 Å². The van der Waals surface area contributed by atoms with Gasteiger partial charge in [-0.05, 0) is 69.1 Å². The summed E-state index contributed by atoms with van der Waals surface area (Å²) in [6, 6.07) is 9.39. The first kappa shape index (κ1) is 21.2. The molecule has 3 heterocycles. The summed E-state index contributed by atoms with van der Waals surface area (Å²) in [7, 11) is 0. The molecule has 3 fully saturated rings. The molecule has 1 N–H and O–H groups in total. The molecule has 4 atom stereocenters.